The molecule has 0 aliphatic heterocycles. The summed E-state index contributed by atoms with van der Waals surface area (Å²) in [7, 11) is 0. The summed E-state index contributed by atoms with van der Waals surface area (Å²) in [5.41, 5.74) is 13.5. The molecule has 3 heterocycles. The molecule has 8 rings (SSSR count). The quantitative estimate of drug-likeness (QED) is 0.287. The van der Waals surface area contributed by atoms with Crippen LogP contribution in [0.4, 0.5) is 0 Å². The van der Waals surface area contributed by atoms with E-state index in [9.17, 15) is 0 Å². The van der Waals surface area contributed by atoms with Crippen molar-refractivity contribution in [3.63, 3.8) is 0 Å². The highest BCUT2D eigenvalue weighted by molar-refractivity contribution is 6.14. The molecule has 3 aromatic heterocycles. The lowest BCUT2D eigenvalue weighted by Crippen LogP contribution is -1.93. The molecule has 31 heavy (non-hydrogen) atoms. The molecule has 144 valence electrons. The van der Waals surface area contributed by atoms with E-state index in [1.165, 1.54) is 60.7 Å². The molecule has 0 fully saturated rings. The molecular weight excluding hydrogens is 378 g/mol. The van der Waals surface area contributed by atoms with E-state index in [-0.39, 0.29) is 0 Å². The molecule has 0 spiro atoms. The molecule has 0 bridgehead atoms. The van der Waals surface area contributed by atoms with Crippen molar-refractivity contribution in [2.75, 3.05) is 0 Å². The first kappa shape index (κ1) is 15.8. The maximum Gasteiger partial charge on any atom is 0.145 e. The van der Waals surface area contributed by atoms with Crippen LogP contribution in [-0.2, 0) is 12.8 Å². The van der Waals surface area contributed by atoms with E-state index in [1.54, 1.807) is 0 Å². The van der Waals surface area contributed by atoms with Gasteiger partial charge in [-0.1, -0.05) is 36.4 Å². The van der Waals surface area contributed by atoms with E-state index in [0.717, 1.165) is 24.0 Å². The van der Waals surface area contributed by atoms with Crippen LogP contribution >= 0.6 is 0 Å². The van der Waals surface area contributed by atoms with Gasteiger partial charge in [0.2, 0.25) is 0 Å². The minimum atomic E-state index is 0.980. The van der Waals surface area contributed by atoms with Crippen LogP contribution in [0.3, 0.4) is 0 Å². The zero-order valence-electron chi connectivity index (χ0n) is 16.8. The summed E-state index contributed by atoms with van der Waals surface area (Å²) < 4.78 is 2.18. The lowest BCUT2D eigenvalue weighted by atomic mass is 9.92. The molecule has 0 saturated heterocycles. The molecule has 3 aromatic carbocycles. The number of imidazole rings is 1. The van der Waals surface area contributed by atoms with Crippen LogP contribution in [0.15, 0.2) is 79.4 Å². The minimum absolute atomic E-state index is 0.980. The Bertz CT molecular complexity index is 1740. The van der Waals surface area contributed by atoms with E-state index >= 15 is 0 Å². The fourth-order valence-electron chi connectivity index (χ4n) is 5.86. The molecular formula is C28H17N3. The van der Waals surface area contributed by atoms with Crippen molar-refractivity contribution in [1.82, 2.24) is 14.4 Å². The molecule has 0 saturated carbocycles. The zero-order valence-corrected chi connectivity index (χ0v) is 16.8. The van der Waals surface area contributed by atoms with Crippen LogP contribution in [-0.4, -0.2) is 14.4 Å². The second kappa shape index (κ2) is 5.38. The maximum atomic E-state index is 4.70. The van der Waals surface area contributed by atoms with Crippen molar-refractivity contribution < 1.29 is 0 Å². The van der Waals surface area contributed by atoms with E-state index in [1.807, 2.05) is 24.8 Å². The van der Waals surface area contributed by atoms with Crippen molar-refractivity contribution >= 4 is 27.3 Å². The molecule has 2 aliphatic rings. The summed E-state index contributed by atoms with van der Waals surface area (Å²) >= 11 is 0. The highest BCUT2D eigenvalue weighted by Gasteiger charge is 2.29. The Morgan fingerprint density at radius 3 is 2.45 bits per heavy atom. The largest absolute Gasteiger partial charge is 0.299 e. The van der Waals surface area contributed by atoms with E-state index in [0.29, 0.717) is 0 Å². The van der Waals surface area contributed by atoms with Gasteiger partial charge in [0.1, 0.15) is 5.65 Å². The normalized spacial score (nSPS) is 13.5. The lowest BCUT2D eigenvalue weighted by Gasteiger charge is -2.13. The molecule has 0 atom stereocenters. The molecule has 3 nitrogen and oxygen atoms in total. The fourth-order valence-corrected chi connectivity index (χ4v) is 5.86. The fraction of sp³-hybridized carbons (Fsp3) is 0.0714. The minimum Gasteiger partial charge on any atom is -0.299 e. The van der Waals surface area contributed by atoms with E-state index in [4.69, 9.17) is 4.98 Å². The van der Waals surface area contributed by atoms with Crippen molar-refractivity contribution in [2.45, 2.75) is 12.8 Å². The molecule has 2 aliphatic carbocycles. The molecule has 0 radical (unpaired) electrons. The van der Waals surface area contributed by atoms with Gasteiger partial charge in [0, 0.05) is 35.6 Å². The van der Waals surface area contributed by atoms with Gasteiger partial charge >= 0.3 is 0 Å². The number of fused-ring (bicyclic) bond motifs is 13. The molecule has 3 heteroatoms. The Kier molecular flexibility index (Phi) is 2.74. The predicted octanol–water partition coefficient (Wildman–Crippen LogP) is 6.18. The number of hydrogen-bond donors (Lipinski definition) is 0. The van der Waals surface area contributed by atoms with Crippen LogP contribution in [0.1, 0.15) is 22.3 Å². The first-order valence-electron chi connectivity index (χ1n) is 10.8. The summed E-state index contributed by atoms with van der Waals surface area (Å²) in [4.78, 5) is 9.15. The first-order chi connectivity index (χ1) is 15.4. The molecule has 0 N–H and O–H groups in total. The van der Waals surface area contributed by atoms with Gasteiger partial charge < -0.3 is 0 Å². The maximum absolute atomic E-state index is 4.70. The smallest absolute Gasteiger partial charge is 0.145 e. The number of pyridine rings is 2. The van der Waals surface area contributed by atoms with Crippen molar-refractivity contribution in [3.8, 4) is 22.3 Å². The summed E-state index contributed by atoms with van der Waals surface area (Å²) in [5.74, 6) is 0. The summed E-state index contributed by atoms with van der Waals surface area (Å²) in [6.07, 6.45) is 9.80. The van der Waals surface area contributed by atoms with Gasteiger partial charge in [0.25, 0.3) is 0 Å². The summed E-state index contributed by atoms with van der Waals surface area (Å²) in [6.45, 7) is 0. The topological polar surface area (TPSA) is 30.2 Å². The van der Waals surface area contributed by atoms with E-state index < -0.39 is 0 Å². The van der Waals surface area contributed by atoms with Crippen LogP contribution in [0.25, 0.3) is 49.6 Å². The first-order valence-corrected chi connectivity index (χ1v) is 10.8. The summed E-state index contributed by atoms with van der Waals surface area (Å²) in [5, 5.41) is 3.61. The third kappa shape index (κ3) is 1.89. The van der Waals surface area contributed by atoms with Crippen LogP contribution in [0.2, 0.25) is 0 Å². The number of aromatic nitrogens is 3. The predicted molar refractivity (Wildman–Crippen MR) is 124 cm³/mol. The average Bonchev–Trinajstić information content (AvgIpc) is 3.52. The van der Waals surface area contributed by atoms with Gasteiger partial charge in [0.05, 0.1) is 5.52 Å². The Balaban J connectivity index is 1.52. The van der Waals surface area contributed by atoms with Crippen molar-refractivity contribution in [2.24, 2.45) is 0 Å². The average molecular weight is 395 g/mol. The number of benzene rings is 3. The van der Waals surface area contributed by atoms with Gasteiger partial charge in [-0.05, 0) is 80.9 Å². The van der Waals surface area contributed by atoms with Crippen LogP contribution in [0.5, 0.6) is 0 Å². The third-order valence-corrected chi connectivity index (χ3v) is 7.17. The molecule has 0 unspecified atom stereocenters. The number of rotatable bonds is 0. The number of hydrogen-bond acceptors (Lipinski definition) is 2. The zero-order chi connectivity index (χ0) is 20.1. The number of nitrogens with zero attached hydrogens (tertiary/aromatic N) is 3. The Hall–Kier alpha value is -3.98. The SMILES string of the molecule is c1ccc2c(c1)Cc1ccc3c(c1-2)-c1cc2c4cnccc4n4ccnc4c2cc1C3. The highest BCUT2D eigenvalue weighted by Crippen LogP contribution is 2.50. The van der Waals surface area contributed by atoms with Gasteiger partial charge in [-0.15, -0.1) is 0 Å². The van der Waals surface area contributed by atoms with Gasteiger partial charge in [-0.2, -0.15) is 0 Å². The van der Waals surface area contributed by atoms with Gasteiger partial charge in [-0.3, -0.25) is 9.38 Å². The lowest BCUT2D eigenvalue weighted by molar-refractivity contribution is 1.23. The highest BCUT2D eigenvalue weighted by atomic mass is 15.0. The Morgan fingerprint density at radius 1 is 0.677 bits per heavy atom. The standard InChI is InChI=1S/C28H17N3/c1-2-4-20-16(3-1)11-17-5-6-18-12-19-13-23-22(14-21(19)27(18)26(17)20)24-15-29-8-7-25(24)31-10-9-30-28(23)31/h1-10,13-15H,11-12H2. The Labute approximate surface area is 178 Å². The second-order valence-electron chi connectivity index (χ2n) is 8.71. The van der Waals surface area contributed by atoms with Gasteiger partial charge in [0.15, 0.2) is 0 Å². The molecule has 6 aromatic rings. The van der Waals surface area contributed by atoms with Crippen LogP contribution in [0, 0.1) is 0 Å². The third-order valence-electron chi connectivity index (χ3n) is 7.17. The van der Waals surface area contributed by atoms with Crippen LogP contribution < -0.4 is 0 Å². The Morgan fingerprint density at radius 2 is 1.52 bits per heavy atom. The molecule has 0 amide bonds. The monoisotopic (exact) mass is 395 g/mol. The van der Waals surface area contributed by atoms with Crippen molar-refractivity contribution in [1.29, 1.82) is 0 Å². The summed E-state index contributed by atoms with van der Waals surface area (Å²) in [6, 6.07) is 20.4. The second-order valence-corrected chi connectivity index (χ2v) is 8.71. The van der Waals surface area contributed by atoms with Crippen molar-refractivity contribution in [3.05, 3.63) is 102 Å². The van der Waals surface area contributed by atoms with Gasteiger partial charge in [-0.25, -0.2) is 4.98 Å². The van der Waals surface area contributed by atoms with E-state index in [2.05, 4.69) is 64.0 Å².